The van der Waals surface area contributed by atoms with Gasteiger partial charge in [0, 0.05) is 6.54 Å². The Labute approximate surface area is 169 Å². The van der Waals surface area contributed by atoms with E-state index in [1.165, 1.54) is 12.1 Å². The Bertz CT molecular complexity index is 840. The van der Waals surface area contributed by atoms with Gasteiger partial charge in [0.2, 0.25) is 0 Å². The zero-order valence-corrected chi connectivity index (χ0v) is 16.8. The maximum Gasteiger partial charge on any atom is 0.419 e. The number of carboxylic acid groups (broad SMARTS) is 1. The smallest absolute Gasteiger partial charge is 0.419 e. The average Bonchev–Trinajstić information content (AvgIpc) is 2.66. The number of rotatable bonds is 6. The van der Waals surface area contributed by atoms with E-state index in [4.69, 9.17) is 14.6 Å². The van der Waals surface area contributed by atoms with Crippen molar-refractivity contribution < 1.29 is 29.0 Å². The second kappa shape index (κ2) is 9.73. The molecule has 154 valence electrons. The number of ether oxygens (including phenoxy) is 2. The van der Waals surface area contributed by atoms with Gasteiger partial charge in [0.25, 0.3) is 0 Å². The highest BCUT2D eigenvalue weighted by Crippen LogP contribution is 2.13. The largest absolute Gasteiger partial charge is 0.478 e. The summed E-state index contributed by atoms with van der Waals surface area (Å²) in [6.45, 7) is 5.20. The molecule has 2 aromatic rings. The Morgan fingerprint density at radius 3 is 2.07 bits per heavy atom. The summed E-state index contributed by atoms with van der Waals surface area (Å²) in [7, 11) is 0. The molecule has 1 N–H and O–H groups in total. The lowest BCUT2D eigenvalue weighted by molar-refractivity contribution is 0.0211. The Morgan fingerprint density at radius 1 is 0.897 bits per heavy atom. The van der Waals surface area contributed by atoms with Crippen LogP contribution in [0, 0.1) is 0 Å². The first-order valence-electron chi connectivity index (χ1n) is 9.19. The molecule has 0 heterocycles. The monoisotopic (exact) mass is 399 g/mol. The molecular formula is C22H25NO6. The third-order valence-electron chi connectivity index (χ3n) is 3.86. The standard InChI is InChI=1S/C22H25NO6/c1-22(2,3)29-21(27)23(20(26)28-15-17-7-5-4-6-8-17)14-13-16-9-11-18(12-10-16)19(24)25/h4-12H,13-15H2,1-3H3,(H,24,25). The summed E-state index contributed by atoms with van der Waals surface area (Å²) < 4.78 is 10.6. The van der Waals surface area contributed by atoms with Gasteiger partial charge in [-0.1, -0.05) is 42.5 Å². The zero-order chi connectivity index (χ0) is 21.4. The van der Waals surface area contributed by atoms with Gasteiger partial charge >= 0.3 is 18.2 Å². The molecule has 0 aliphatic rings. The molecule has 0 aromatic heterocycles. The predicted molar refractivity (Wildman–Crippen MR) is 107 cm³/mol. The number of imide groups is 1. The van der Waals surface area contributed by atoms with Crippen LogP contribution in [0.25, 0.3) is 0 Å². The molecule has 0 saturated heterocycles. The van der Waals surface area contributed by atoms with Crippen molar-refractivity contribution in [1.29, 1.82) is 0 Å². The van der Waals surface area contributed by atoms with E-state index in [1.807, 2.05) is 30.3 Å². The van der Waals surface area contributed by atoms with Crippen molar-refractivity contribution in [1.82, 2.24) is 4.90 Å². The van der Waals surface area contributed by atoms with Crippen LogP contribution in [0.4, 0.5) is 9.59 Å². The molecule has 7 heteroatoms. The molecule has 0 fully saturated rings. The molecule has 0 aliphatic heterocycles. The fourth-order valence-corrected chi connectivity index (χ4v) is 2.43. The minimum atomic E-state index is -1.02. The molecule has 0 aliphatic carbocycles. The summed E-state index contributed by atoms with van der Waals surface area (Å²) in [6, 6.07) is 15.4. The normalized spacial score (nSPS) is 10.9. The van der Waals surface area contributed by atoms with Gasteiger partial charge < -0.3 is 14.6 Å². The number of carbonyl (C=O) groups is 3. The first-order chi connectivity index (χ1) is 13.7. The number of nitrogens with zero attached hydrogens (tertiary/aromatic N) is 1. The van der Waals surface area contributed by atoms with Crippen LogP contribution in [0.3, 0.4) is 0 Å². The van der Waals surface area contributed by atoms with Crippen molar-refractivity contribution in [3.05, 3.63) is 71.3 Å². The summed E-state index contributed by atoms with van der Waals surface area (Å²) in [6.07, 6.45) is -1.26. The van der Waals surface area contributed by atoms with E-state index >= 15 is 0 Å². The van der Waals surface area contributed by atoms with Gasteiger partial charge in [0.15, 0.2) is 0 Å². The summed E-state index contributed by atoms with van der Waals surface area (Å²) in [5.41, 5.74) is 0.978. The van der Waals surface area contributed by atoms with Gasteiger partial charge in [-0.25, -0.2) is 19.3 Å². The Hall–Kier alpha value is -3.35. The lowest BCUT2D eigenvalue weighted by Gasteiger charge is -2.25. The highest BCUT2D eigenvalue weighted by molar-refractivity contribution is 5.88. The lowest BCUT2D eigenvalue weighted by atomic mass is 10.1. The van der Waals surface area contributed by atoms with Crippen LogP contribution in [0.1, 0.15) is 42.3 Å². The molecule has 2 amide bonds. The maximum absolute atomic E-state index is 12.5. The number of aromatic carboxylic acids is 1. The van der Waals surface area contributed by atoms with Gasteiger partial charge in [0.1, 0.15) is 12.2 Å². The second-order valence-electron chi connectivity index (χ2n) is 7.42. The van der Waals surface area contributed by atoms with E-state index in [2.05, 4.69) is 0 Å². The van der Waals surface area contributed by atoms with Crippen LogP contribution in [0.15, 0.2) is 54.6 Å². The van der Waals surface area contributed by atoms with Gasteiger partial charge in [0.05, 0.1) is 5.56 Å². The van der Waals surface area contributed by atoms with E-state index in [1.54, 1.807) is 32.9 Å². The predicted octanol–water partition coefficient (Wildman–Crippen LogP) is 4.50. The molecule has 7 nitrogen and oxygen atoms in total. The third kappa shape index (κ3) is 7.29. The lowest BCUT2D eigenvalue weighted by Crippen LogP contribution is -2.42. The Balaban J connectivity index is 2.06. The van der Waals surface area contributed by atoms with Crippen LogP contribution in [-0.4, -0.2) is 40.3 Å². The Kier molecular flexibility index (Phi) is 7.36. The topological polar surface area (TPSA) is 93.1 Å². The molecule has 2 aromatic carbocycles. The minimum Gasteiger partial charge on any atom is -0.478 e. The molecule has 0 unspecified atom stereocenters. The van der Waals surface area contributed by atoms with Gasteiger partial charge in [-0.3, -0.25) is 0 Å². The number of amides is 2. The number of carboxylic acids is 1. The fourth-order valence-electron chi connectivity index (χ4n) is 2.43. The van der Waals surface area contributed by atoms with Crippen molar-refractivity contribution in [3.8, 4) is 0 Å². The summed E-state index contributed by atoms with van der Waals surface area (Å²) in [5.74, 6) is -1.02. The van der Waals surface area contributed by atoms with Crippen molar-refractivity contribution in [2.45, 2.75) is 39.4 Å². The average molecular weight is 399 g/mol. The highest BCUT2D eigenvalue weighted by atomic mass is 16.6. The molecular weight excluding hydrogens is 374 g/mol. The van der Waals surface area contributed by atoms with Crippen LogP contribution >= 0.6 is 0 Å². The third-order valence-corrected chi connectivity index (χ3v) is 3.86. The van der Waals surface area contributed by atoms with Crippen LogP contribution < -0.4 is 0 Å². The molecule has 0 atom stereocenters. The number of hydrogen-bond acceptors (Lipinski definition) is 5. The fraction of sp³-hybridized carbons (Fsp3) is 0.318. The highest BCUT2D eigenvalue weighted by Gasteiger charge is 2.28. The van der Waals surface area contributed by atoms with E-state index in [-0.39, 0.29) is 18.7 Å². The first kappa shape index (κ1) is 21.9. The van der Waals surface area contributed by atoms with E-state index in [0.29, 0.717) is 6.42 Å². The summed E-state index contributed by atoms with van der Waals surface area (Å²) >= 11 is 0. The number of benzene rings is 2. The zero-order valence-electron chi connectivity index (χ0n) is 16.8. The van der Waals surface area contributed by atoms with Crippen molar-refractivity contribution in [3.63, 3.8) is 0 Å². The summed E-state index contributed by atoms with van der Waals surface area (Å²) in [5, 5.41) is 8.97. The number of carbonyl (C=O) groups excluding carboxylic acids is 2. The van der Waals surface area contributed by atoms with Crippen molar-refractivity contribution in [2.75, 3.05) is 6.54 Å². The molecule has 0 spiro atoms. The number of hydrogen-bond donors (Lipinski definition) is 1. The van der Waals surface area contributed by atoms with E-state index < -0.39 is 23.8 Å². The second-order valence-corrected chi connectivity index (χ2v) is 7.42. The van der Waals surface area contributed by atoms with Crippen LogP contribution in [0.5, 0.6) is 0 Å². The van der Waals surface area contributed by atoms with Gasteiger partial charge in [-0.2, -0.15) is 0 Å². The maximum atomic E-state index is 12.5. The van der Waals surface area contributed by atoms with Gasteiger partial charge in [-0.05, 0) is 50.5 Å². The SMILES string of the molecule is CC(C)(C)OC(=O)N(CCc1ccc(C(=O)O)cc1)C(=O)OCc1ccccc1. The minimum absolute atomic E-state index is 0.0340. The van der Waals surface area contributed by atoms with Gasteiger partial charge in [-0.15, -0.1) is 0 Å². The molecule has 0 bridgehead atoms. The summed E-state index contributed by atoms with van der Waals surface area (Å²) in [4.78, 5) is 36.9. The van der Waals surface area contributed by atoms with Crippen LogP contribution in [-0.2, 0) is 22.5 Å². The molecule has 2 rings (SSSR count). The molecule has 29 heavy (non-hydrogen) atoms. The van der Waals surface area contributed by atoms with E-state index in [9.17, 15) is 14.4 Å². The molecule has 0 saturated carbocycles. The quantitative estimate of drug-likeness (QED) is 0.769. The first-order valence-corrected chi connectivity index (χ1v) is 9.19. The van der Waals surface area contributed by atoms with E-state index in [0.717, 1.165) is 16.0 Å². The Morgan fingerprint density at radius 2 is 1.52 bits per heavy atom. The van der Waals surface area contributed by atoms with Crippen molar-refractivity contribution in [2.24, 2.45) is 0 Å². The van der Waals surface area contributed by atoms with Crippen LogP contribution in [0.2, 0.25) is 0 Å². The van der Waals surface area contributed by atoms with Crippen molar-refractivity contribution >= 4 is 18.2 Å². The molecule has 0 radical (unpaired) electrons.